The summed E-state index contributed by atoms with van der Waals surface area (Å²) >= 11 is 0. The number of fused-ring (bicyclic) bond motifs is 18. The highest BCUT2D eigenvalue weighted by Crippen LogP contribution is 2.51. The van der Waals surface area contributed by atoms with E-state index >= 15 is 0 Å². The van der Waals surface area contributed by atoms with Crippen LogP contribution >= 0.6 is 0 Å². The number of piperidine rings is 6. The summed E-state index contributed by atoms with van der Waals surface area (Å²) in [4.78, 5) is 85.1. The van der Waals surface area contributed by atoms with Crippen molar-refractivity contribution in [3.63, 3.8) is 0 Å². The van der Waals surface area contributed by atoms with Gasteiger partial charge in [-0.3, -0.25) is 58.2 Å². The summed E-state index contributed by atoms with van der Waals surface area (Å²) in [6.45, 7) is -30.4. The Morgan fingerprint density at radius 2 is 0.662 bits per heavy atom. The molecule has 780 valence electrons. The molecule has 12 heterocycles. The maximum Gasteiger partial charge on any atom is 0.161 e. The maximum atomic E-state index is 14.1. The van der Waals surface area contributed by atoms with Gasteiger partial charge in [0.25, 0.3) is 0 Å². The summed E-state index contributed by atoms with van der Waals surface area (Å²) < 4.78 is 860. The molecule has 0 radical (unpaired) electrons. The minimum absolute atomic E-state index is 0.000481. The summed E-state index contributed by atoms with van der Waals surface area (Å²) in [6.07, 6.45) is -54.4. The molecule has 6 aromatic carbocycles. The van der Waals surface area contributed by atoms with Crippen LogP contribution in [-0.2, 0) is 67.1 Å². The number of carbonyl (C=O) groups is 6. The largest absolute Gasteiger partial charge is 0.493 e. The van der Waals surface area contributed by atoms with E-state index in [1.165, 1.54) is 43.0 Å². The molecule has 0 saturated carbocycles. The Kier molecular flexibility index (Phi) is 13.9. The third kappa shape index (κ3) is 25.7. The summed E-state index contributed by atoms with van der Waals surface area (Å²) in [5, 5.41) is 0. The van der Waals surface area contributed by atoms with Crippen LogP contribution in [-0.4, -0.2) is 227 Å². The average molecular weight is 2060 g/mol. The van der Waals surface area contributed by atoms with E-state index in [-0.39, 0.29) is 102 Å². The molecular formula is C118H170N6O18. The predicted molar refractivity (Wildman–Crippen MR) is 559 cm³/mol. The Labute approximate surface area is 986 Å². The molecule has 0 amide bonds. The van der Waals surface area contributed by atoms with Crippen LogP contribution in [0.3, 0.4) is 0 Å². The van der Waals surface area contributed by atoms with Gasteiger partial charge < -0.3 is 56.8 Å². The van der Waals surface area contributed by atoms with E-state index in [2.05, 4.69) is 0 Å². The smallest absolute Gasteiger partial charge is 0.161 e. The van der Waals surface area contributed by atoms with Gasteiger partial charge in [-0.25, -0.2) is 0 Å². The SMILES string of the molecule is [2H]C([2H])([2H])Oc1cc2c(cc1OC([2H])([2H])[2H])C1CC(=O)C(C([2H])([2H])C([2H])(C([2H])([2H])[2H])C([2H])([2H])C)CN1CC2.[2H]C([2H])([2H])Oc1cc2c(cc1OC([2H])([2H])[2H])C1N(CC2)CC([2H])(C([2H])([2H])C([2H])(C([2H])([2H])[2H])C([2H])([2H])C)C(=O)C1([2H])[2H].[2H]C([2H])([2H])Oc1cc2c(cc1OC([2H])([2H])[2H])C1N(CC2)CC([2H])(CC(C)C)C(=O)C1([2H])[2H].[2H]c1c(OC([2H])([2H])[2H])c(OC)c([2H])c2c1C([2H])([2H])C([2H])([2H])N1C([2H])([2H])C([2H])(C([2H])([2H])C([2H])(C([2H])([2H])[2H])C([2H])([2H])C)C(=O)C([2H])([2H])C21[2H].[2H]c1c(OC([2H])([2H])[2H])c(OC)c([2H])c2c1C([2H])([2H])C([2H])([2H])N1C([2H])([2H])C([2H])(CC(C)C)C(=O)C([2H])([2H])C21[2H].[2H]c1c(OC)c(OC([2H])([2H])[2H])c([2H])c2c1C1([2H])CC(=O)C(C([2H])([2H])C([2H])(C([2H])([2H])[2H])C([2H])([2H])C)C([2H])([2H])N1C([2H])([2H])C2([2H])[2H]. The lowest BCUT2D eigenvalue weighted by Gasteiger charge is -2.43. The van der Waals surface area contributed by atoms with Crippen molar-refractivity contribution in [1.29, 1.82) is 0 Å². The highest BCUT2D eigenvalue weighted by atomic mass is 16.5. The molecule has 0 aliphatic carbocycles. The molecule has 12 aliphatic heterocycles. The van der Waals surface area contributed by atoms with Gasteiger partial charge in [0.2, 0.25) is 0 Å². The molecule has 0 aromatic heterocycles. The molecule has 142 heavy (non-hydrogen) atoms. The van der Waals surface area contributed by atoms with Gasteiger partial charge in [0, 0.05) is 273 Å². The lowest BCUT2D eigenvalue weighted by Crippen LogP contribution is -2.46. The number of ketones is 6. The molecule has 16 atom stereocenters. The number of ether oxygens (including phenoxy) is 12. The molecule has 0 bridgehead atoms. The first-order valence-corrected chi connectivity index (χ1v) is 43.5. The van der Waals surface area contributed by atoms with Gasteiger partial charge in [0.15, 0.2) is 69.0 Å². The Balaban J connectivity index is 0.000000228. The first-order valence-electron chi connectivity index (χ1n) is 92.5. The highest BCUT2D eigenvalue weighted by Gasteiger charge is 2.47. The Bertz CT molecular complexity index is 10000. The normalized spacial score (nSPS) is 46.0. The number of nitrogens with zero attached hydrogens (tertiary/aromatic N) is 6. The molecule has 0 N–H and O–H groups in total. The van der Waals surface area contributed by atoms with Gasteiger partial charge >= 0.3 is 0 Å². The number of Topliss-reactive ketones (excluding diaryl/α,β-unsaturated/α-hetero) is 6. The zero-order valence-corrected chi connectivity index (χ0v) is 78.2. The number of methoxy groups -OCH3 is 12. The molecule has 0 spiro atoms. The number of hydrogen-bond acceptors (Lipinski definition) is 24. The van der Waals surface area contributed by atoms with Crippen LogP contribution in [0.15, 0.2) is 72.7 Å². The van der Waals surface area contributed by atoms with Crippen molar-refractivity contribution < 1.29 is 220 Å². The van der Waals surface area contributed by atoms with Gasteiger partial charge in [-0.1, -0.05) is 108 Å². The molecule has 6 aromatic rings. The fraction of sp³-hybridized carbons (Fsp3) is 0.644. The molecule has 12 aliphatic rings. The average Bonchev–Trinajstić information content (AvgIpc) is 0.635. The highest BCUT2D eigenvalue weighted by molar-refractivity contribution is 5.86. The van der Waals surface area contributed by atoms with E-state index in [0.717, 1.165) is 40.4 Å². The van der Waals surface area contributed by atoms with Crippen LogP contribution in [0.25, 0.3) is 0 Å². The predicted octanol–water partition coefficient (Wildman–Crippen LogP) is 21.0. The van der Waals surface area contributed by atoms with Crippen molar-refractivity contribution >= 4 is 34.7 Å². The molecule has 18 rings (SSSR count). The summed E-state index contributed by atoms with van der Waals surface area (Å²) in [5.41, 5.74) is -5.29. The third-order valence-electron chi connectivity index (χ3n) is 23.3. The summed E-state index contributed by atoms with van der Waals surface area (Å²) in [6, 6.07) is -14.2. The summed E-state index contributed by atoms with van der Waals surface area (Å²) in [5.74, 6) is -50.6. The topological polar surface area (TPSA) is 233 Å². The van der Waals surface area contributed by atoms with E-state index in [0.29, 0.717) is 56.0 Å². The van der Waals surface area contributed by atoms with E-state index in [1.54, 1.807) is 9.80 Å². The minimum Gasteiger partial charge on any atom is -0.493 e. The van der Waals surface area contributed by atoms with E-state index in [1.807, 2.05) is 13.8 Å². The zero-order valence-electron chi connectivity index (χ0n) is 176. The van der Waals surface area contributed by atoms with Gasteiger partial charge in [0.1, 0.15) is 34.7 Å². The fourth-order valence-electron chi connectivity index (χ4n) is 16.5. The monoisotopic (exact) mass is 2060 g/mol. The van der Waals surface area contributed by atoms with Crippen molar-refractivity contribution in [2.75, 3.05) is 163 Å². The van der Waals surface area contributed by atoms with Crippen LogP contribution in [0.2, 0.25) is 0 Å². The lowest BCUT2D eigenvalue weighted by atomic mass is 9.79. The minimum atomic E-state index is -4.69. The standard InChI is InChI=1S/4C20H29NO3.2C19H27NO3/c4*1-5-13(2)8-15-12-21-7-6-14-9-19(23-3)20(24-4)10-16(14)17(21)11-18(15)22;2*1-12(2)7-14-11-20-6-5-13-8-18(22-3)19(23-4)9-15(13)16(20)10-17(14)21/h4*9-10,13,15,17H,5-8,11-12H2,1-4H3;2*8-9,12,14,16H,5-7,10-11H2,1-4H3/i2D3,3D3,5D2,6D2,7D2,8D2,9D,10D,11D2,12D2,13D,15D,17D;2D3,3D3,5D2,6D2,7D2,8D2,9D,10D,12D2,13D,17D;2D3,3D3,4D3,5D2,8D2,11D2,13D,15D;2D3,3D3,4D3,5D2,8D2,13D;3D3,5D2,6D2,8D,9D,10D2,11D2,14D,16D;3D3,4D3,10D2,14D. The van der Waals surface area contributed by atoms with E-state index in [9.17, 15) is 32.9 Å². The number of benzene rings is 6. The quantitative estimate of drug-likeness (QED) is 0.0444. The second kappa shape index (κ2) is 50.7. The van der Waals surface area contributed by atoms with Crippen molar-refractivity contribution in [3.05, 3.63) is 139 Å². The van der Waals surface area contributed by atoms with Gasteiger partial charge in [0.05, 0.1) is 134 Å². The van der Waals surface area contributed by atoms with Crippen LogP contribution in [0.4, 0.5) is 0 Å². The van der Waals surface area contributed by atoms with E-state index < -0.39 is 501 Å². The van der Waals surface area contributed by atoms with Crippen molar-refractivity contribution in [1.82, 2.24) is 29.4 Å². The van der Waals surface area contributed by atoms with Crippen LogP contribution < -0.4 is 56.8 Å². The number of carbonyl (C=O) groups excluding carboxylic acids is 6. The Morgan fingerprint density at radius 3 is 1.07 bits per heavy atom. The lowest BCUT2D eigenvalue weighted by molar-refractivity contribution is -0.130. The molecule has 24 heteroatoms. The van der Waals surface area contributed by atoms with Crippen LogP contribution in [0, 0.1) is 70.8 Å². The van der Waals surface area contributed by atoms with Gasteiger partial charge in [-0.2, -0.15) is 0 Å². The first kappa shape index (κ1) is 39.1. The number of rotatable bonds is 28. The molecule has 16 unspecified atom stereocenters. The Hall–Kier alpha value is -9.30. The molecule has 6 saturated heterocycles. The first-order chi connectivity index (χ1) is 106. The van der Waals surface area contributed by atoms with Gasteiger partial charge in [-0.05, 0) is 252 Å². The maximum absolute atomic E-state index is 14.1. The van der Waals surface area contributed by atoms with Gasteiger partial charge in [-0.15, -0.1) is 0 Å². The van der Waals surface area contributed by atoms with Crippen molar-refractivity contribution in [3.8, 4) is 69.0 Å². The summed E-state index contributed by atoms with van der Waals surface area (Å²) in [7, 11) is -25.0. The number of hydrogen-bond donors (Lipinski definition) is 0. The van der Waals surface area contributed by atoms with Crippen LogP contribution in [0.5, 0.6) is 69.0 Å². The Morgan fingerprint density at radius 1 is 0.338 bits per heavy atom. The second-order valence-corrected chi connectivity index (χ2v) is 33.0. The fourth-order valence-corrected chi connectivity index (χ4v) is 16.5. The second-order valence-electron chi connectivity index (χ2n) is 33.0. The van der Waals surface area contributed by atoms with E-state index in [4.69, 9.17) is 187 Å². The third-order valence-corrected chi connectivity index (χ3v) is 23.3. The van der Waals surface area contributed by atoms with Crippen LogP contribution in [0.1, 0.15) is 422 Å². The molecule has 24 nitrogen and oxygen atoms in total. The van der Waals surface area contributed by atoms with Crippen molar-refractivity contribution in [2.45, 2.75) is 260 Å². The van der Waals surface area contributed by atoms with Crippen molar-refractivity contribution in [2.24, 2.45) is 70.8 Å². The molecule has 6 fully saturated rings. The molecular weight excluding hydrogens is 1790 g/mol. The zero-order chi connectivity index (χ0) is 188.